The predicted molar refractivity (Wildman–Crippen MR) is 57.5 cm³/mol. The molecule has 2 rings (SSSR count). The zero-order valence-electron chi connectivity index (χ0n) is 8.88. The van der Waals surface area contributed by atoms with Gasteiger partial charge in [-0.1, -0.05) is 6.58 Å². The second-order valence-electron chi connectivity index (χ2n) is 3.79. The molecule has 0 unspecified atom stereocenters. The van der Waals surface area contributed by atoms with Crippen LogP contribution in [0.3, 0.4) is 0 Å². The largest absolute Gasteiger partial charge is 0.472 e. The second-order valence-corrected chi connectivity index (χ2v) is 3.79. The summed E-state index contributed by atoms with van der Waals surface area (Å²) in [5.41, 5.74) is 5.71. The van der Waals surface area contributed by atoms with Crippen molar-refractivity contribution < 1.29 is 9.84 Å². The molecule has 1 fully saturated rings. The van der Waals surface area contributed by atoms with Gasteiger partial charge in [-0.15, -0.1) is 0 Å². The maximum atomic E-state index is 11.6. The van der Waals surface area contributed by atoms with Crippen LogP contribution in [0.4, 0.5) is 5.82 Å². The fourth-order valence-corrected chi connectivity index (χ4v) is 1.58. The fraction of sp³-hybridized carbons (Fsp3) is 0.400. The highest BCUT2D eigenvalue weighted by atomic mass is 16.5. The predicted octanol–water partition coefficient (Wildman–Crippen LogP) is -0.0726. The summed E-state index contributed by atoms with van der Waals surface area (Å²) in [7, 11) is 0. The average Bonchev–Trinajstić information content (AvgIpc) is 2.53. The number of aryl methyl sites for hydroxylation is 1. The van der Waals surface area contributed by atoms with Crippen molar-refractivity contribution in [3.8, 4) is 0 Å². The van der Waals surface area contributed by atoms with E-state index in [1.54, 1.807) is 13.1 Å². The molecule has 86 valence electrons. The van der Waals surface area contributed by atoms with Crippen molar-refractivity contribution in [2.24, 2.45) is 0 Å². The Hall–Kier alpha value is -1.82. The van der Waals surface area contributed by atoms with Crippen LogP contribution in [0.15, 0.2) is 23.3 Å². The second kappa shape index (κ2) is 3.64. The van der Waals surface area contributed by atoms with Crippen LogP contribution in [-0.2, 0) is 4.74 Å². The minimum absolute atomic E-state index is 0.207. The Labute approximate surface area is 92.0 Å². The van der Waals surface area contributed by atoms with Gasteiger partial charge >= 0.3 is 5.69 Å². The maximum Gasteiger partial charge on any atom is 0.352 e. The minimum atomic E-state index is -0.741. The first-order valence-electron chi connectivity index (χ1n) is 4.88. The summed E-state index contributed by atoms with van der Waals surface area (Å²) < 4.78 is 6.59. The van der Waals surface area contributed by atoms with Crippen LogP contribution in [0.2, 0.25) is 0 Å². The van der Waals surface area contributed by atoms with E-state index in [1.165, 1.54) is 4.57 Å². The van der Waals surface area contributed by atoms with Crippen LogP contribution >= 0.6 is 0 Å². The van der Waals surface area contributed by atoms with E-state index in [-0.39, 0.29) is 11.6 Å². The summed E-state index contributed by atoms with van der Waals surface area (Å²) in [6, 6.07) is 0. The molecule has 6 nitrogen and oxygen atoms in total. The maximum absolute atomic E-state index is 11.6. The van der Waals surface area contributed by atoms with Gasteiger partial charge in [0.2, 0.25) is 0 Å². The topological polar surface area (TPSA) is 90.4 Å². The molecule has 1 aliphatic heterocycles. The average molecular weight is 223 g/mol. The first kappa shape index (κ1) is 10.7. The highest BCUT2D eigenvalue weighted by Gasteiger charge is 2.30. The molecular formula is C10H13N3O3. The molecule has 1 aliphatic rings. The van der Waals surface area contributed by atoms with Gasteiger partial charge in [-0.3, -0.25) is 4.57 Å². The molecule has 2 heterocycles. The summed E-state index contributed by atoms with van der Waals surface area (Å²) >= 11 is 0. The zero-order chi connectivity index (χ0) is 11.9. The van der Waals surface area contributed by atoms with Crippen LogP contribution in [0.1, 0.15) is 18.2 Å². The van der Waals surface area contributed by atoms with Gasteiger partial charge in [0.05, 0.1) is 0 Å². The minimum Gasteiger partial charge on any atom is -0.472 e. The summed E-state index contributed by atoms with van der Waals surface area (Å²) in [6.45, 7) is 5.30. The third kappa shape index (κ3) is 1.67. The number of aromatic nitrogens is 2. The Morgan fingerprint density at radius 1 is 1.75 bits per heavy atom. The van der Waals surface area contributed by atoms with E-state index in [0.717, 1.165) is 0 Å². The molecule has 0 aliphatic carbocycles. The van der Waals surface area contributed by atoms with Crippen LogP contribution in [-0.4, -0.2) is 20.8 Å². The van der Waals surface area contributed by atoms with E-state index in [9.17, 15) is 9.90 Å². The van der Waals surface area contributed by atoms with E-state index >= 15 is 0 Å². The molecule has 6 heteroatoms. The van der Waals surface area contributed by atoms with Gasteiger partial charge in [0, 0.05) is 18.2 Å². The van der Waals surface area contributed by atoms with Gasteiger partial charge in [-0.25, -0.2) is 4.79 Å². The van der Waals surface area contributed by atoms with E-state index in [2.05, 4.69) is 11.6 Å². The SMILES string of the molecule is C=C1O[C@@H](n2cc(C)c(N)nc2=O)C[C@@H]1O. The summed E-state index contributed by atoms with van der Waals surface area (Å²) in [6.07, 6.45) is 0.571. The Balaban J connectivity index is 2.39. The third-order valence-electron chi connectivity index (χ3n) is 2.57. The molecule has 16 heavy (non-hydrogen) atoms. The molecule has 1 aromatic heterocycles. The molecule has 1 aromatic rings. The van der Waals surface area contributed by atoms with Crippen LogP contribution in [0.5, 0.6) is 0 Å². The molecular weight excluding hydrogens is 210 g/mol. The zero-order valence-corrected chi connectivity index (χ0v) is 8.88. The normalized spacial score (nSPS) is 24.5. The molecule has 0 spiro atoms. The number of nitrogens with two attached hydrogens (primary N) is 1. The van der Waals surface area contributed by atoms with E-state index in [1.807, 2.05) is 0 Å². The van der Waals surface area contributed by atoms with Crippen molar-refractivity contribution in [3.05, 3.63) is 34.6 Å². The van der Waals surface area contributed by atoms with Crippen molar-refractivity contribution in [2.75, 3.05) is 5.73 Å². The van der Waals surface area contributed by atoms with Crippen LogP contribution < -0.4 is 11.4 Å². The number of ether oxygens (including phenoxy) is 1. The lowest BCUT2D eigenvalue weighted by Gasteiger charge is -2.13. The van der Waals surface area contributed by atoms with Gasteiger partial charge in [0.25, 0.3) is 0 Å². The van der Waals surface area contributed by atoms with E-state index < -0.39 is 18.0 Å². The lowest BCUT2D eigenvalue weighted by Crippen LogP contribution is -2.28. The Morgan fingerprint density at radius 2 is 2.44 bits per heavy atom. The highest BCUT2D eigenvalue weighted by molar-refractivity contribution is 5.35. The molecule has 0 bridgehead atoms. The van der Waals surface area contributed by atoms with Crippen molar-refractivity contribution in [3.63, 3.8) is 0 Å². The van der Waals surface area contributed by atoms with Crippen molar-refractivity contribution >= 4 is 5.82 Å². The summed E-state index contributed by atoms with van der Waals surface area (Å²) in [4.78, 5) is 15.2. The smallest absolute Gasteiger partial charge is 0.352 e. The molecule has 0 aromatic carbocycles. The summed E-state index contributed by atoms with van der Waals surface area (Å²) in [5, 5.41) is 9.46. The van der Waals surface area contributed by atoms with Gasteiger partial charge in [0.1, 0.15) is 17.7 Å². The molecule has 0 amide bonds. The van der Waals surface area contributed by atoms with Crippen LogP contribution in [0.25, 0.3) is 0 Å². The number of aliphatic hydroxyl groups is 1. The number of nitrogens with zero attached hydrogens (tertiary/aromatic N) is 2. The fourth-order valence-electron chi connectivity index (χ4n) is 1.58. The lowest BCUT2D eigenvalue weighted by molar-refractivity contribution is 0.0935. The van der Waals surface area contributed by atoms with Gasteiger partial charge in [0.15, 0.2) is 6.23 Å². The number of hydrogen-bond donors (Lipinski definition) is 2. The quantitative estimate of drug-likeness (QED) is 0.695. The number of nitrogen functional groups attached to an aromatic ring is 1. The Bertz CT molecular complexity index is 495. The number of anilines is 1. The van der Waals surface area contributed by atoms with Crippen LogP contribution in [0, 0.1) is 6.92 Å². The summed E-state index contributed by atoms with van der Waals surface area (Å²) in [5.74, 6) is 0.477. The van der Waals surface area contributed by atoms with Crippen molar-refractivity contribution in [1.29, 1.82) is 0 Å². The lowest BCUT2D eigenvalue weighted by atomic mass is 10.2. The van der Waals surface area contributed by atoms with E-state index in [4.69, 9.17) is 10.5 Å². The van der Waals surface area contributed by atoms with Crippen molar-refractivity contribution in [1.82, 2.24) is 9.55 Å². The van der Waals surface area contributed by atoms with Gasteiger partial charge < -0.3 is 15.6 Å². The third-order valence-corrected chi connectivity index (χ3v) is 2.57. The molecule has 2 atom stereocenters. The molecule has 0 saturated carbocycles. The monoisotopic (exact) mass is 223 g/mol. The first-order valence-corrected chi connectivity index (χ1v) is 4.88. The van der Waals surface area contributed by atoms with Gasteiger partial charge in [-0.2, -0.15) is 4.98 Å². The van der Waals surface area contributed by atoms with Crippen molar-refractivity contribution in [2.45, 2.75) is 25.7 Å². The molecule has 1 saturated heterocycles. The standard InChI is InChI=1S/C10H13N3O3/c1-5-4-13(10(15)12-9(5)11)8-3-7(14)6(2)16-8/h4,7-8,14H,2-3H2,1H3,(H2,11,12,15)/t7-,8+/m0/s1. The van der Waals surface area contributed by atoms with Gasteiger partial charge in [-0.05, 0) is 6.92 Å². The molecule has 3 N–H and O–H groups in total. The number of rotatable bonds is 1. The Kier molecular flexibility index (Phi) is 2.43. The highest BCUT2D eigenvalue weighted by Crippen LogP contribution is 2.29. The number of hydrogen-bond acceptors (Lipinski definition) is 5. The van der Waals surface area contributed by atoms with E-state index in [0.29, 0.717) is 12.0 Å². The first-order chi connectivity index (χ1) is 7.49. The Morgan fingerprint density at radius 3 is 3.00 bits per heavy atom. The number of aliphatic hydroxyl groups excluding tert-OH is 1. The molecule has 0 radical (unpaired) electrons.